The Kier molecular flexibility index (Phi) is 4.26. The van der Waals surface area contributed by atoms with E-state index >= 15 is 0 Å². The number of benzene rings is 2. The molecule has 0 saturated heterocycles. The molecule has 1 aromatic heterocycles. The molecule has 0 fully saturated rings. The fourth-order valence-electron chi connectivity index (χ4n) is 3.39. The number of nitrogens with zero attached hydrogens (tertiary/aromatic N) is 1. The van der Waals surface area contributed by atoms with E-state index in [1.54, 1.807) is 36.4 Å². The standard InChI is InChI=1S/C20H16ClNO4/c21-16-6-2-5-15-18(23)14-7-8-22(11-17(14)26-19(15)16)10-12-3-1-4-13(9-12)20(24)25/h1-6,9H,7-8,10-11H2,(H,24,25). The number of para-hydroxylation sites is 1. The molecule has 0 amide bonds. The van der Waals surface area contributed by atoms with Crippen LogP contribution < -0.4 is 5.43 Å². The highest BCUT2D eigenvalue weighted by molar-refractivity contribution is 6.34. The third-order valence-electron chi connectivity index (χ3n) is 4.67. The summed E-state index contributed by atoms with van der Waals surface area (Å²) in [6.45, 7) is 1.79. The summed E-state index contributed by atoms with van der Waals surface area (Å²) in [5.41, 5.74) is 2.29. The minimum atomic E-state index is -0.942. The van der Waals surface area contributed by atoms with Gasteiger partial charge in [-0.15, -0.1) is 0 Å². The van der Waals surface area contributed by atoms with Crippen LogP contribution in [0.2, 0.25) is 5.02 Å². The lowest BCUT2D eigenvalue weighted by molar-refractivity contribution is 0.0696. The molecule has 1 aliphatic heterocycles. The Hall–Kier alpha value is -2.63. The molecular formula is C20H16ClNO4. The van der Waals surface area contributed by atoms with Gasteiger partial charge in [-0.05, 0) is 36.2 Å². The van der Waals surface area contributed by atoms with Crippen LogP contribution in [-0.4, -0.2) is 22.5 Å². The van der Waals surface area contributed by atoms with Crippen LogP contribution >= 0.6 is 11.6 Å². The second kappa shape index (κ2) is 6.59. The Bertz CT molecular complexity index is 1070. The zero-order valence-corrected chi connectivity index (χ0v) is 14.6. The van der Waals surface area contributed by atoms with Gasteiger partial charge in [0.05, 0.1) is 22.5 Å². The Morgan fingerprint density at radius 1 is 1.23 bits per heavy atom. The number of aromatic carboxylic acids is 1. The molecule has 5 nitrogen and oxygen atoms in total. The SMILES string of the molecule is O=C(O)c1cccc(CN2CCc3c(oc4c(Cl)cccc4c3=O)C2)c1. The molecule has 1 aliphatic rings. The summed E-state index contributed by atoms with van der Waals surface area (Å²) in [6.07, 6.45) is 0.596. The van der Waals surface area contributed by atoms with Crippen molar-refractivity contribution in [2.24, 2.45) is 0 Å². The van der Waals surface area contributed by atoms with Crippen LogP contribution in [0.4, 0.5) is 0 Å². The number of rotatable bonds is 3. The van der Waals surface area contributed by atoms with Gasteiger partial charge in [0.25, 0.3) is 0 Å². The third kappa shape index (κ3) is 3.00. The van der Waals surface area contributed by atoms with Crippen molar-refractivity contribution >= 4 is 28.5 Å². The van der Waals surface area contributed by atoms with E-state index in [1.165, 1.54) is 0 Å². The molecule has 132 valence electrons. The van der Waals surface area contributed by atoms with Crippen molar-refractivity contribution in [3.05, 3.63) is 80.2 Å². The lowest BCUT2D eigenvalue weighted by Gasteiger charge is -2.27. The molecule has 0 bridgehead atoms. The molecule has 0 saturated carbocycles. The van der Waals surface area contributed by atoms with Crippen molar-refractivity contribution in [2.75, 3.05) is 6.54 Å². The van der Waals surface area contributed by atoms with Crippen molar-refractivity contribution < 1.29 is 14.3 Å². The molecule has 0 spiro atoms. The number of halogens is 1. The van der Waals surface area contributed by atoms with Crippen LogP contribution in [0.1, 0.15) is 27.2 Å². The summed E-state index contributed by atoms with van der Waals surface area (Å²) < 4.78 is 5.96. The van der Waals surface area contributed by atoms with Crippen molar-refractivity contribution in [3.63, 3.8) is 0 Å². The van der Waals surface area contributed by atoms with E-state index in [-0.39, 0.29) is 11.0 Å². The molecule has 1 N–H and O–H groups in total. The molecular weight excluding hydrogens is 354 g/mol. The van der Waals surface area contributed by atoms with Crippen LogP contribution in [0, 0.1) is 0 Å². The van der Waals surface area contributed by atoms with Gasteiger partial charge in [0.2, 0.25) is 0 Å². The fourth-order valence-corrected chi connectivity index (χ4v) is 3.61. The van der Waals surface area contributed by atoms with Gasteiger partial charge in [-0.1, -0.05) is 29.8 Å². The minimum absolute atomic E-state index is 0.0173. The van der Waals surface area contributed by atoms with Gasteiger partial charge in [-0.25, -0.2) is 4.79 Å². The molecule has 6 heteroatoms. The predicted molar refractivity (Wildman–Crippen MR) is 98.7 cm³/mol. The van der Waals surface area contributed by atoms with Crippen LogP contribution in [0.5, 0.6) is 0 Å². The van der Waals surface area contributed by atoms with Crippen LogP contribution in [0.25, 0.3) is 11.0 Å². The molecule has 26 heavy (non-hydrogen) atoms. The van der Waals surface area contributed by atoms with E-state index in [2.05, 4.69) is 4.90 Å². The fraction of sp³-hybridized carbons (Fsp3) is 0.200. The highest BCUT2D eigenvalue weighted by atomic mass is 35.5. The maximum atomic E-state index is 12.7. The molecule has 2 heterocycles. The summed E-state index contributed by atoms with van der Waals surface area (Å²) in [4.78, 5) is 26.0. The average Bonchev–Trinajstić information content (AvgIpc) is 2.63. The summed E-state index contributed by atoms with van der Waals surface area (Å²) in [5.74, 6) is -0.306. The number of fused-ring (bicyclic) bond motifs is 2. The first-order valence-corrected chi connectivity index (χ1v) is 8.68. The van der Waals surface area contributed by atoms with Gasteiger partial charge in [0, 0.05) is 18.7 Å². The number of carboxylic acids is 1. The lowest BCUT2D eigenvalue weighted by atomic mass is 10.0. The van der Waals surface area contributed by atoms with E-state index < -0.39 is 5.97 Å². The van der Waals surface area contributed by atoms with Crippen LogP contribution in [-0.2, 0) is 19.5 Å². The van der Waals surface area contributed by atoms with Crippen molar-refractivity contribution in [3.8, 4) is 0 Å². The van der Waals surface area contributed by atoms with Gasteiger partial charge in [-0.3, -0.25) is 9.69 Å². The monoisotopic (exact) mass is 369 g/mol. The average molecular weight is 370 g/mol. The smallest absolute Gasteiger partial charge is 0.335 e. The van der Waals surface area contributed by atoms with E-state index in [0.29, 0.717) is 53.4 Å². The van der Waals surface area contributed by atoms with E-state index in [0.717, 1.165) is 5.56 Å². The number of hydrogen-bond acceptors (Lipinski definition) is 4. The molecule has 2 aromatic carbocycles. The highest BCUT2D eigenvalue weighted by Gasteiger charge is 2.23. The number of carbonyl (C=O) groups is 1. The maximum absolute atomic E-state index is 12.7. The maximum Gasteiger partial charge on any atom is 0.335 e. The quantitative estimate of drug-likeness (QED) is 0.762. The second-order valence-electron chi connectivity index (χ2n) is 6.42. The van der Waals surface area contributed by atoms with Gasteiger partial charge in [0.15, 0.2) is 11.0 Å². The Labute approximate surface area is 154 Å². The van der Waals surface area contributed by atoms with Crippen LogP contribution in [0.3, 0.4) is 0 Å². The van der Waals surface area contributed by atoms with Crippen LogP contribution in [0.15, 0.2) is 51.7 Å². The van der Waals surface area contributed by atoms with Gasteiger partial charge in [0.1, 0.15) is 5.76 Å². The first kappa shape index (κ1) is 16.8. The molecule has 3 aromatic rings. The highest BCUT2D eigenvalue weighted by Crippen LogP contribution is 2.27. The first-order chi connectivity index (χ1) is 12.5. The lowest BCUT2D eigenvalue weighted by Crippen LogP contribution is -2.33. The summed E-state index contributed by atoms with van der Waals surface area (Å²) in [7, 11) is 0. The first-order valence-electron chi connectivity index (χ1n) is 8.30. The topological polar surface area (TPSA) is 70.8 Å². The zero-order valence-electron chi connectivity index (χ0n) is 13.9. The minimum Gasteiger partial charge on any atom is -0.478 e. The summed E-state index contributed by atoms with van der Waals surface area (Å²) in [5, 5.41) is 10.1. The van der Waals surface area contributed by atoms with E-state index in [9.17, 15) is 9.59 Å². The normalized spacial score (nSPS) is 14.3. The van der Waals surface area contributed by atoms with Gasteiger partial charge >= 0.3 is 5.97 Å². The third-order valence-corrected chi connectivity index (χ3v) is 4.97. The molecule has 0 aliphatic carbocycles. The molecule has 0 unspecified atom stereocenters. The summed E-state index contributed by atoms with van der Waals surface area (Å²) in [6, 6.07) is 12.1. The van der Waals surface area contributed by atoms with E-state index in [1.807, 2.05) is 6.07 Å². The Morgan fingerprint density at radius 2 is 2.04 bits per heavy atom. The number of carboxylic acid groups (broad SMARTS) is 1. The zero-order chi connectivity index (χ0) is 18.3. The van der Waals surface area contributed by atoms with Gasteiger partial charge < -0.3 is 9.52 Å². The van der Waals surface area contributed by atoms with Crippen molar-refractivity contribution in [2.45, 2.75) is 19.5 Å². The molecule has 4 rings (SSSR count). The Balaban J connectivity index is 1.65. The van der Waals surface area contributed by atoms with Gasteiger partial charge in [-0.2, -0.15) is 0 Å². The Morgan fingerprint density at radius 3 is 2.85 bits per heavy atom. The van der Waals surface area contributed by atoms with Crippen molar-refractivity contribution in [1.29, 1.82) is 0 Å². The largest absolute Gasteiger partial charge is 0.478 e. The van der Waals surface area contributed by atoms with Crippen molar-refractivity contribution in [1.82, 2.24) is 4.90 Å². The predicted octanol–water partition coefficient (Wildman–Crippen LogP) is 3.70. The van der Waals surface area contributed by atoms with E-state index in [4.69, 9.17) is 21.1 Å². The molecule has 0 atom stereocenters. The molecule has 0 radical (unpaired) electrons. The second-order valence-corrected chi connectivity index (χ2v) is 6.82. The summed E-state index contributed by atoms with van der Waals surface area (Å²) >= 11 is 6.18. The number of hydrogen-bond donors (Lipinski definition) is 1.